The topological polar surface area (TPSA) is 122 Å². The Morgan fingerprint density at radius 2 is 2.00 bits per heavy atom. The van der Waals surface area contributed by atoms with Gasteiger partial charge in [-0.05, 0) is 25.1 Å². The van der Waals surface area contributed by atoms with Crippen LogP contribution in [0.25, 0.3) is 5.65 Å². The molecule has 2 bridgehead atoms. The molecule has 0 fully saturated rings. The summed E-state index contributed by atoms with van der Waals surface area (Å²) in [5.41, 5.74) is 5.82. The normalized spacial score (nSPS) is 16.9. The van der Waals surface area contributed by atoms with Gasteiger partial charge in [0.15, 0.2) is 11.5 Å². The number of nitrogens with one attached hydrogen (secondary N) is 1. The molecule has 3 heterocycles. The van der Waals surface area contributed by atoms with E-state index in [9.17, 15) is 14.4 Å². The van der Waals surface area contributed by atoms with E-state index in [1.165, 1.54) is 27.7 Å². The Morgan fingerprint density at radius 3 is 2.66 bits per heavy atom. The van der Waals surface area contributed by atoms with Crippen LogP contribution in [0.1, 0.15) is 28.4 Å². The maximum Gasteiger partial charge on any atom is 0.259 e. The van der Waals surface area contributed by atoms with Gasteiger partial charge in [-0.2, -0.15) is 5.26 Å². The van der Waals surface area contributed by atoms with Gasteiger partial charge in [0.25, 0.3) is 5.91 Å². The molecule has 15 heteroatoms. The maximum atomic E-state index is 14.6. The van der Waals surface area contributed by atoms with Crippen LogP contribution in [0.3, 0.4) is 0 Å². The van der Waals surface area contributed by atoms with Gasteiger partial charge in [0.05, 0.1) is 51.3 Å². The molecule has 1 unspecified atom stereocenters. The lowest BCUT2D eigenvalue weighted by Gasteiger charge is -2.51. The van der Waals surface area contributed by atoms with Crippen LogP contribution < -0.4 is 20.7 Å². The summed E-state index contributed by atoms with van der Waals surface area (Å²) in [6.07, 6.45) is 0.848. The number of nitrogens with zero attached hydrogens (tertiary/aromatic N) is 5. The van der Waals surface area contributed by atoms with E-state index < -0.39 is 28.3 Å². The molecule has 2 aromatic heterocycles. The fourth-order valence-electron chi connectivity index (χ4n) is 3.67. The van der Waals surface area contributed by atoms with Crippen LogP contribution in [0.2, 0.25) is 5.11 Å². The van der Waals surface area contributed by atoms with Crippen LogP contribution in [0.5, 0.6) is 5.75 Å². The number of rotatable bonds is 2. The van der Waals surface area contributed by atoms with E-state index in [-0.39, 0.29) is 52.8 Å². The second kappa shape index (κ2) is 8.59. The molecule has 35 heavy (non-hydrogen) atoms. The molecule has 0 aliphatic carbocycles. The molecule has 1 aliphatic heterocycles. The first-order valence-electron chi connectivity index (χ1n) is 10.4. The highest BCUT2D eigenvalue weighted by Crippen LogP contribution is 2.37. The van der Waals surface area contributed by atoms with Crippen molar-refractivity contribution >= 4 is 62.4 Å². The van der Waals surface area contributed by atoms with Crippen LogP contribution >= 0.6 is 0 Å². The minimum Gasteiger partial charge on any atom is -0.488 e. The zero-order valence-electron chi connectivity index (χ0n) is 18.7. The van der Waals surface area contributed by atoms with Crippen LogP contribution in [-0.4, -0.2) is 77.7 Å². The predicted octanol–water partition coefficient (Wildman–Crippen LogP) is -0.590. The molecule has 3 aromatic rings. The summed E-state index contributed by atoms with van der Waals surface area (Å²) in [7, 11) is 30.3. The molecule has 0 saturated carbocycles. The second-order valence-electron chi connectivity index (χ2n) is 8.31. The molecule has 1 aliphatic rings. The van der Waals surface area contributed by atoms with Gasteiger partial charge in [0.2, 0.25) is 0 Å². The summed E-state index contributed by atoms with van der Waals surface area (Å²) >= 11 is 0. The number of fused-ring (bicyclic) bond motifs is 2. The minimum absolute atomic E-state index is 0.00123. The fourth-order valence-corrected chi connectivity index (χ4v) is 3.67. The SMILES string of the molecule is [B]C([B])([B])C([B])([B])N1Cc2c(ccc(F)c2C#N)OC(C)CNC(=O)c2c(N)nn3ccc1nc23. The summed E-state index contributed by atoms with van der Waals surface area (Å²) in [5, 5.41) is 12.1. The van der Waals surface area contributed by atoms with Crippen LogP contribution in [0, 0.1) is 17.1 Å². The van der Waals surface area contributed by atoms with E-state index in [1.807, 2.05) is 6.07 Å². The summed E-state index contributed by atoms with van der Waals surface area (Å²) in [5.74, 6) is -1.25. The number of nitriles is 1. The van der Waals surface area contributed by atoms with E-state index in [2.05, 4.69) is 15.4 Å². The minimum atomic E-state index is -2.21. The average Bonchev–Trinajstić information content (AvgIpc) is 3.11. The van der Waals surface area contributed by atoms with E-state index in [4.69, 9.17) is 49.7 Å². The number of hydrogen-bond acceptors (Lipinski definition) is 7. The van der Waals surface area contributed by atoms with Crippen molar-refractivity contribution in [2.45, 2.75) is 30.0 Å². The third kappa shape index (κ3) is 4.22. The number of carbonyl (C=O) groups is 1. The van der Waals surface area contributed by atoms with Crippen LogP contribution in [0.4, 0.5) is 16.0 Å². The molecule has 3 N–H and O–H groups in total. The first kappa shape index (κ1) is 24.6. The maximum absolute atomic E-state index is 14.6. The lowest BCUT2D eigenvalue weighted by molar-refractivity contribution is 0.0934. The number of amides is 1. The number of anilines is 2. The van der Waals surface area contributed by atoms with Gasteiger partial charge in [0, 0.05) is 18.3 Å². The Morgan fingerprint density at radius 1 is 1.29 bits per heavy atom. The first-order chi connectivity index (χ1) is 16.3. The Hall–Kier alpha value is -3.55. The first-order valence-corrected chi connectivity index (χ1v) is 10.4. The van der Waals surface area contributed by atoms with Crippen molar-refractivity contribution in [1.82, 2.24) is 19.9 Å². The van der Waals surface area contributed by atoms with Crippen molar-refractivity contribution in [3.8, 4) is 11.8 Å². The highest BCUT2D eigenvalue weighted by molar-refractivity contribution is 6.67. The van der Waals surface area contributed by atoms with E-state index in [0.717, 1.165) is 6.07 Å². The Kier molecular flexibility index (Phi) is 6.03. The zero-order valence-corrected chi connectivity index (χ0v) is 18.7. The lowest BCUT2D eigenvalue weighted by atomic mass is 9.26. The third-order valence-corrected chi connectivity index (χ3v) is 5.67. The largest absolute Gasteiger partial charge is 0.488 e. The van der Waals surface area contributed by atoms with E-state index >= 15 is 0 Å². The number of hydrogen-bond donors (Lipinski definition) is 2. The van der Waals surface area contributed by atoms with Gasteiger partial charge in [-0.1, -0.05) is 5.34 Å². The number of aromatic nitrogens is 3. The number of ether oxygens (including phenoxy) is 1. The Balaban J connectivity index is 2.03. The van der Waals surface area contributed by atoms with Crippen molar-refractivity contribution in [3.05, 3.63) is 46.9 Å². The quantitative estimate of drug-likeness (QED) is 0.493. The van der Waals surface area contributed by atoms with Crippen molar-refractivity contribution in [2.24, 2.45) is 0 Å². The number of nitrogens with two attached hydrogens (primary N) is 1. The van der Waals surface area contributed by atoms with Gasteiger partial charge < -0.3 is 20.7 Å². The molecule has 1 atom stereocenters. The van der Waals surface area contributed by atoms with Gasteiger partial charge in [0.1, 0.15) is 35.1 Å². The van der Waals surface area contributed by atoms with Crippen LogP contribution in [-0.2, 0) is 6.54 Å². The lowest BCUT2D eigenvalue weighted by Crippen LogP contribution is -2.59. The molecule has 10 radical (unpaired) electrons. The summed E-state index contributed by atoms with van der Waals surface area (Å²) in [4.78, 5) is 18.6. The molecule has 9 nitrogen and oxygen atoms in total. The Bertz CT molecular complexity index is 1370. The average molecular weight is 458 g/mol. The molecule has 1 amide bonds. The fraction of sp³-hybridized carbons (Fsp3) is 0.300. The highest BCUT2D eigenvalue weighted by atomic mass is 19.1. The van der Waals surface area contributed by atoms with E-state index in [1.54, 1.807) is 6.92 Å². The van der Waals surface area contributed by atoms with Gasteiger partial charge in [-0.25, -0.2) is 13.9 Å². The standard InChI is InChI=1S/C20H15B5FN7O2/c1-9-7-29-18(34)15-16(28)31-33-5-4-14(30-17(15)33)32(20(24,25)19(21,22)23)8-11-10(6-27)12(26)2-3-13(11)35-9/h2-5,9H,7-8H2,1H3,(H2,28,31)(H,29,34). The van der Waals surface area contributed by atoms with Crippen molar-refractivity contribution in [1.29, 1.82) is 5.26 Å². The van der Waals surface area contributed by atoms with Gasteiger partial charge in [-0.15, -0.1) is 10.2 Å². The molecule has 1 aromatic carbocycles. The second-order valence-corrected chi connectivity index (χ2v) is 8.31. The van der Waals surface area contributed by atoms with E-state index in [0.29, 0.717) is 0 Å². The predicted molar refractivity (Wildman–Crippen MR) is 131 cm³/mol. The zero-order chi connectivity index (χ0) is 25.7. The highest BCUT2D eigenvalue weighted by Gasteiger charge is 2.38. The summed E-state index contributed by atoms with van der Waals surface area (Å²) in [6, 6.07) is 5.71. The number of benzene rings is 1. The van der Waals surface area contributed by atoms with Crippen molar-refractivity contribution in [3.63, 3.8) is 0 Å². The molecule has 0 saturated heterocycles. The van der Waals surface area contributed by atoms with Gasteiger partial charge >= 0.3 is 0 Å². The third-order valence-electron chi connectivity index (χ3n) is 5.67. The number of nitrogen functional groups attached to an aromatic ring is 1. The molecule has 4 rings (SSSR count). The number of carbonyl (C=O) groups excluding carboxylic acids is 1. The van der Waals surface area contributed by atoms with Crippen molar-refractivity contribution in [2.75, 3.05) is 17.2 Å². The van der Waals surface area contributed by atoms with Gasteiger partial charge in [-0.3, -0.25) is 4.79 Å². The molecule has 164 valence electrons. The molecule has 0 spiro atoms. The summed E-state index contributed by atoms with van der Waals surface area (Å²) in [6.45, 7) is 1.38. The molecular formula is C20H15B5FN7O2. The smallest absolute Gasteiger partial charge is 0.259 e. The Labute approximate surface area is 207 Å². The number of halogens is 1. The monoisotopic (exact) mass is 459 g/mol. The molecular weight excluding hydrogens is 443 g/mol. The summed E-state index contributed by atoms with van der Waals surface area (Å²) < 4.78 is 21.9. The van der Waals surface area contributed by atoms with Crippen molar-refractivity contribution < 1.29 is 13.9 Å². The van der Waals surface area contributed by atoms with Crippen LogP contribution in [0.15, 0.2) is 24.4 Å².